The first-order valence-corrected chi connectivity index (χ1v) is 11.0. The Kier molecular flexibility index (Phi) is 4.56. The third-order valence-electron chi connectivity index (χ3n) is 6.46. The van der Waals surface area contributed by atoms with Crippen LogP contribution in [0.25, 0.3) is 0 Å². The molecule has 0 N–H and O–H groups in total. The standard InChI is InChI=1S/C20H26F2N4OS/c1-2-16-9-17-18(28-16)3-8-27-19(17)4-6-25(7-5-19)12-14-13-26(24-23-14)15-10-20(21,22)11-15/h9,13,15H,2-8,10-12H2,1H3. The van der Waals surface area contributed by atoms with E-state index >= 15 is 0 Å². The van der Waals surface area contributed by atoms with Gasteiger partial charge >= 0.3 is 0 Å². The molecule has 4 heterocycles. The fourth-order valence-corrected chi connectivity index (χ4v) is 5.92. The van der Waals surface area contributed by atoms with E-state index in [4.69, 9.17) is 4.74 Å². The highest BCUT2D eigenvalue weighted by atomic mass is 32.1. The Bertz CT molecular complexity index is 848. The highest BCUT2D eigenvalue weighted by Gasteiger charge is 2.47. The Morgan fingerprint density at radius 1 is 1.29 bits per heavy atom. The SMILES string of the molecule is CCc1cc2c(s1)CCOC21CCN(Cc2cn(C3CC(F)(F)C3)nn2)CC1. The largest absolute Gasteiger partial charge is 0.370 e. The molecule has 0 aromatic carbocycles. The molecule has 0 radical (unpaired) electrons. The average molecular weight is 409 g/mol. The molecule has 2 aliphatic heterocycles. The summed E-state index contributed by atoms with van der Waals surface area (Å²) in [6.07, 6.45) is 5.69. The zero-order valence-corrected chi connectivity index (χ0v) is 17.0. The molecule has 1 spiro atoms. The summed E-state index contributed by atoms with van der Waals surface area (Å²) in [7, 11) is 0. The number of alkyl halides is 2. The maximum Gasteiger partial charge on any atom is 0.252 e. The van der Waals surface area contributed by atoms with Gasteiger partial charge in [0.15, 0.2) is 0 Å². The fraction of sp³-hybridized carbons (Fsp3) is 0.700. The number of aromatic nitrogens is 3. The molecule has 0 unspecified atom stereocenters. The minimum absolute atomic E-state index is 0.122. The second kappa shape index (κ2) is 6.85. The van der Waals surface area contributed by atoms with Gasteiger partial charge in [-0.05, 0) is 30.9 Å². The first-order chi connectivity index (χ1) is 13.5. The van der Waals surface area contributed by atoms with E-state index in [9.17, 15) is 8.78 Å². The smallest absolute Gasteiger partial charge is 0.252 e. The quantitative estimate of drug-likeness (QED) is 0.769. The molecule has 2 aromatic heterocycles. The summed E-state index contributed by atoms with van der Waals surface area (Å²) in [5.41, 5.74) is 2.17. The maximum atomic E-state index is 13.1. The second-order valence-corrected chi connectivity index (χ2v) is 9.60. The van der Waals surface area contributed by atoms with Crippen molar-refractivity contribution in [2.24, 2.45) is 0 Å². The molecule has 1 saturated carbocycles. The van der Waals surface area contributed by atoms with E-state index < -0.39 is 5.92 Å². The number of piperidine rings is 1. The summed E-state index contributed by atoms with van der Waals surface area (Å²) in [5.74, 6) is -2.53. The van der Waals surface area contributed by atoms with Crippen molar-refractivity contribution in [1.82, 2.24) is 19.9 Å². The molecule has 1 aliphatic carbocycles. The number of ether oxygens (including phenoxy) is 1. The number of hydrogen-bond donors (Lipinski definition) is 0. The summed E-state index contributed by atoms with van der Waals surface area (Å²) in [6.45, 7) is 5.65. The Balaban J connectivity index is 1.22. The molecule has 0 atom stereocenters. The van der Waals surface area contributed by atoms with Gasteiger partial charge in [-0.25, -0.2) is 13.5 Å². The van der Waals surface area contributed by atoms with Crippen molar-refractivity contribution in [3.8, 4) is 0 Å². The monoisotopic (exact) mass is 408 g/mol. The van der Waals surface area contributed by atoms with E-state index in [2.05, 4.69) is 28.2 Å². The minimum atomic E-state index is -2.53. The molecule has 5 nitrogen and oxygen atoms in total. The summed E-state index contributed by atoms with van der Waals surface area (Å²) >= 11 is 1.95. The Morgan fingerprint density at radius 2 is 2.07 bits per heavy atom. The van der Waals surface area contributed by atoms with Gasteiger partial charge in [0.1, 0.15) is 0 Å². The highest BCUT2D eigenvalue weighted by molar-refractivity contribution is 7.12. The lowest BCUT2D eigenvalue weighted by Gasteiger charge is -2.44. The van der Waals surface area contributed by atoms with Crippen LogP contribution >= 0.6 is 11.3 Å². The van der Waals surface area contributed by atoms with Gasteiger partial charge in [0.25, 0.3) is 5.92 Å². The minimum Gasteiger partial charge on any atom is -0.370 e. The van der Waals surface area contributed by atoms with Gasteiger partial charge in [-0.2, -0.15) is 0 Å². The van der Waals surface area contributed by atoms with Gasteiger partial charge in [0, 0.05) is 48.7 Å². The number of nitrogens with zero attached hydrogens (tertiary/aromatic N) is 4. The van der Waals surface area contributed by atoms with Crippen LogP contribution in [0.1, 0.15) is 59.7 Å². The molecule has 0 bridgehead atoms. The first kappa shape index (κ1) is 18.6. The van der Waals surface area contributed by atoms with Crippen molar-refractivity contribution in [3.63, 3.8) is 0 Å². The van der Waals surface area contributed by atoms with Crippen molar-refractivity contribution in [3.05, 3.63) is 33.3 Å². The van der Waals surface area contributed by atoms with Crippen LogP contribution in [0, 0.1) is 0 Å². The van der Waals surface area contributed by atoms with Gasteiger partial charge < -0.3 is 4.74 Å². The molecule has 5 rings (SSSR count). The zero-order chi connectivity index (χ0) is 19.4. The second-order valence-electron chi connectivity index (χ2n) is 8.38. The number of halogens is 2. The van der Waals surface area contributed by atoms with Crippen LogP contribution < -0.4 is 0 Å². The summed E-state index contributed by atoms with van der Waals surface area (Å²) in [4.78, 5) is 5.34. The number of aryl methyl sites for hydroxylation is 1. The predicted octanol–water partition coefficient (Wildman–Crippen LogP) is 3.94. The fourth-order valence-electron chi connectivity index (χ4n) is 4.74. The Morgan fingerprint density at radius 3 is 2.79 bits per heavy atom. The van der Waals surface area contributed by atoms with Crippen molar-refractivity contribution in [2.75, 3.05) is 19.7 Å². The first-order valence-electron chi connectivity index (χ1n) is 10.2. The van der Waals surface area contributed by atoms with Gasteiger partial charge in [-0.3, -0.25) is 4.90 Å². The lowest BCUT2D eigenvalue weighted by Crippen LogP contribution is -2.45. The van der Waals surface area contributed by atoms with E-state index in [0.717, 1.165) is 57.6 Å². The van der Waals surface area contributed by atoms with Crippen LogP contribution in [0.3, 0.4) is 0 Å². The molecule has 152 valence electrons. The molecule has 28 heavy (non-hydrogen) atoms. The Labute approximate surface area is 167 Å². The van der Waals surface area contributed by atoms with Gasteiger partial charge in [0.2, 0.25) is 0 Å². The molecule has 2 aromatic rings. The Hall–Kier alpha value is -1.38. The third-order valence-corrected chi connectivity index (χ3v) is 7.80. The molecular weight excluding hydrogens is 382 g/mol. The molecule has 8 heteroatoms. The number of likely N-dealkylation sites (tertiary alicyclic amines) is 1. The van der Waals surface area contributed by atoms with Crippen LogP contribution in [-0.4, -0.2) is 45.5 Å². The lowest BCUT2D eigenvalue weighted by molar-refractivity contribution is -0.107. The molecule has 3 aliphatic rings. The predicted molar refractivity (Wildman–Crippen MR) is 103 cm³/mol. The van der Waals surface area contributed by atoms with Crippen LogP contribution in [0.15, 0.2) is 12.3 Å². The maximum absolute atomic E-state index is 13.1. The van der Waals surface area contributed by atoms with E-state index in [0.29, 0.717) is 0 Å². The van der Waals surface area contributed by atoms with Crippen molar-refractivity contribution in [2.45, 2.75) is 69.6 Å². The van der Waals surface area contributed by atoms with E-state index in [-0.39, 0.29) is 24.5 Å². The van der Waals surface area contributed by atoms with E-state index in [1.54, 1.807) is 4.68 Å². The van der Waals surface area contributed by atoms with Crippen LogP contribution in [0.4, 0.5) is 8.78 Å². The average Bonchev–Trinajstić information content (AvgIpc) is 3.29. The number of rotatable bonds is 4. The van der Waals surface area contributed by atoms with Crippen molar-refractivity contribution in [1.29, 1.82) is 0 Å². The molecule has 0 amide bonds. The van der Waals surface area contributed by atoms with Gasteiger partial charge in [0.05, 0.1) is 30.1 Å². The summed E-state index contributed by atoms with van der Waals surface area (Å²) < 4.78 is 34.1. The van der Waals surface area contributed by atoms with Crippen LogP contribution in [0.5, 0.6) is 0 Å². The van der Waals surface area contributed by atoms with Crippen molar-refractivity contribution >= 4 is 11.3 Å². The topological polar surface area (TPSA) is 43.2 Å². The van der Waals surface area contributed by atoms with E-state index in [1.807, 2.05) is 17.5 Å². The van der Waals surface area contributed by atoms with Crippen LogP contribution in [-0.2, 0) is 29.7 Å². The molecule has 1 saturated heterocycles. The van der Waals surface area contributed by atoms with Gasteiger partial charge in [-0.1, -0.05) is 12.1 Å². The lowest BCUT2D eigenvalue weighted by atomic mass is 9.82. The summed E-state index contributed by atoms with van der Waals surface area (Å²) in [6, 6.07) is 2.16. The molecule has 2 fully saturated rings. The normalized spacial score (nSPS) is 24.2. The third kappa shape index (κ3) is 3.29. The molecular formula is C20H26F2N4OS. The zero-order valence-electron chi connectivity index (χ0n) is 16.2. The summed E-state index contributed by atoms with van der Waals surface area (Å²) in [5, 5.41) is 8.29. The number of fused-ring (bicyclic) bond motifs is 2. The number of hydrogen-bond acceptors (Lipinski definition) is 5. The van der Waals surface area contributed by atoms with Crippen molar-refractivity contribution < 1.29 is 13.5 Å². The number of thiophene rings is 1. The van der Waals surface area contributed by atoms with Crippen LogP contribution in [0.2, 0.25) is 0 Å². The van der Waals surface area contributed by atoms with E-state index in [1.165, 1.54) is 15.3 Å². The highest BCUT2D eigenvalue weighted by Crippen LogP contribution is 2.46. The van der Waals surface area contributed by atoms with Gasteiger partial charge in [-0.15, -0.1) is 16.4 Å².